The molecule has 0 N–H and O–H groups in total. The molecule has 1 aliphatic heterocycles. The van der Waals surface area contributed by atoms with Crippen LogP contribution in [0, 0.1) is 11.8 Å². The summed E-state index contributed by atoms with van der Waals surface area (Å²) in [7, 11) is 4.35. The van der Waals surface area contributed by atoms with Gasteiger partial charge in [0.05, 0.1) is 0 Å². The van der Waals surface area contributed by atoms with E-state index in [-0.39, 0.29) is 24.8 Å². The monoisotopic (exact) mass is 282 g/mol. The third-order valence-corrected chi connectivity index (χ3v) is 4.24. The first-order chi connectivity index (χ1) is 7.25. The van der Waals surface area contributed by atoms with E-state index in [1.807, 2.05) is 0 Å². The number of hydrogen-bond acceptors (Lipinski definition) is 2. The number of rotatable bonds is 3. The number of nitrogens with zero attached hydrogens (tertiary/aromatic N) is 2. The molecule has 0 aromatic carbocycles. The van der Waals surface area contributed by atoms with Gasteiger partial charge in [0.15, 0.2) is 0 Å². The lowest BCUT2D eigenvalue weighted by molar-refractivity contribution is 0.0823. The van der Waals surface area contributed by atoms with Gasteiger partial charge in [-0.1, -0.05) is 19.3 Å². The van der Waals surface area contributed by atoms with Gasteiger partial charge in [-0.05, 0) is 45.3 Å². The number of halogens is 2. The van der Waals surface area contributed by atoms with Crippen LogP contribution in [-0.4, -0.2) is 50.1 Å². The molecule has 104 valence electrons. The van der Waals surface area contributed by atoms with Gasteiger partial charge in [0.1, 0.15) is 0 Å². The second-order valence-corrected chi connectivity index (χ2v) is 5.70. The molecule has 1 heterocycles. The normalized spacial score (nSPS) is 29.1. The maximum Gasteiger partial charge on any atom is 0.0109 e. The Hall–Kier alpha value is 0.500. The topological polar surface area (TPSA) is 6.48 Å². The van der Waals surface area contributed by atoms with Crippen molar-refractivity contribution in [3.05, 3.63) is 0 Å². The predicted octanol–water partition coefficient (Wildman–Crippen LogP) is 2.90. The van der Waals surface area contributed by atoms with Crippen LogP contribution >= 0.6 is 24.8 Å². The van der Waals surface area contributed by atoms with Gasteiger partial charge in [-0.15, -0.1) is 24.8 Å². The molecule has 2 fully saturated rings. The molecule has 17 heavy (non-hydrogen) atoms. The van der Waals surface area contributed by atoms with Crippen molar-refractivity contribution >= 4 is 24.8 Å². The Bertz CT molecular complexity index is 200. The Morgan fingerprint density at radius 3 is 2.29 bits per heavy atom. The van der Waals surface area contributed by atoms with Gasteiger partial charge in [0.25, 0.3) is 0 Å². The Morgan fingerprint density at radius 2 is 1.65 bits per heavy atom. The average Bonchev–Trinajstić information content (AvgIpc) is 2.26. The van der Waals surface area contributed by atoms with E-state index >= 15 is 0 Å². The summed E-state index contributed by atoms with van der Waals surface area (Å²) in [6.07, 6.45) is 7.48. The van der Waals surface area contributed by atoms with Crippen LogP contribution in [0.3, 0.4) is 0 Å². The molecule has 0 bridgehead atoms. The van der Waals surface area contributed by atoms with Crippen LogP contribution in [0.25, 0.3) is 0 Å². The fraction of sp³-hybridized carbons (Fsp3) is 1.00. The zero-order valence-electron chi connectivity index (χ0n) is 11.2. The van der Waals surface area contributed by atoms with Crippen LogP contribution in [0.5, 0.6) is 0 Å². The van der Waals surface area contributed by atoms with Gasteiger partial charge in [-0.2, -0.15) is 0 Å². The van der Waals surface area contributed by atoms with Crippen LogP contribution in [0.15, 0.2) is 0 Å². The van der Waals surface area contributed by atoms with E-state index < -0.39 is 0 Å². The maximum absolute atomic E-state index is 2.69. The highest BCUT2D eigenvalue weighted by molar-refractivity contribution is 5.85. The number of hydrogen-bond donors (Lipinski definition) is 0. The maximum atomic E-state index is 2.69. The van der Waals surface area contributed by atoms with E-state index in [9.17, 15) is 0 Å². The Labute approximate surface area is 119 Å². The zero-order valence-corrected chi connectivity index (χ0v) is 12.9. The molecule has 0 amide bonds. The van der Waals surface area contributed by atoms with Crippen LogP contribution in [0.4, 0.5) is 0 Å². The first-order valence-electron chi connectivity index (χ1n) is 6.63. The molecular weight excluding hydrogens is 255 g/mol. The third kappa shape index (κ3) is 5.34. The SMILES string of the molecule is CN(C)CCN1CCC2CCCCC2C1.Cl.Cl. The highest BCUT2D eigenvalue weighted by atomic mass is 35.5. The van der Waals surface area contributed by atoms with Gasteiger partial charge in [0.2, 0.25) is 0 Å². The molecule has 1 aliphatic carbocycles. The first-order valence-corrected chi connectivity index (χ1v) is 6.63. The molecule has 0 spiro atoms. The fourth-order valence-corrected chi connectivity index (χ4v) is 3.22. The lowest BCUT2D eigenvalue weighted by Gasteiger charge is -2.41. The van der Waals surface area contributed by atoms with Crippen LogP contribution in [0.1, 0.15) is 32.1 Å². The molecular formula is C13H28Cl2N2. The summed E-state index contributed by atoms with van der Waals surface area (Å²) in [6.45, 7) is 5.24. The van der Waals surface area contributed by atoms with E-state index in [1.54, 1.807) is 0 Å². The van der Waals surface area contributed by atoms with Gasteiger partial charge in [-0.25, -0.2) is 0 Å². The summed E-state index contributed by atoms with van der Waals surface area (Å²) in [4.78, 5) is 4.99. The van der Waals surface area contributed by atoms with Gasteiger partial charge >= 0.3 is 0 Å². The smallest absolute Gasteiger partial charge is 0.0109 e. The molecule has 2 aliphatic rings. The minimum absolute atomic E-state index is 0. The number of piperidine rings is 1. The Kier molecular flexibility index (Phi) is 8.83. The second kappa shape index (κ2) is 8.58. The highest BCUT2D eigenvalue weighted by Crippen LogP contribution is 2.35. The molecule has 0 aromatic rings. The summed E-state index contributed by atoms with van der Waals surface area (Å²) in [5, 5.41) is 0. The third-order valence-electron chi connectivity index (χ3n) is 4.24. The van der Waals surface area contributed by atoms with Crippen molar-refractivity contribution in [2.75, 3.05) is 40.3 Å². The molecule has 1 saturated heterocycles. The molecule has 2 atom stereocenters. The van der Waals surface area contributed by atoms with E-state index in [1.165, 1.54) is 58.3 Å². The predicted molar refractivity (Wildman–Crippen MR) is 79.6 cm³/mol. The second-order valence-electron chi connectivity index (χ2n) is 5.70. The fourth-order valence-electron chi connectivity index (χ4n) is 3.22. The summed E-state index contributed by atoms with van der Waals surface area (Å²) in [5.74, 6) is 2.11. The Balaban J connectivity index is 0.00000128. The lowest BCUT2D eigenvalue weighted by Crippen LogP contribution is -2.44. The summed E-state index contributed by atoms with van der Waals surface area (Å²) in [6, 6.07) is 0. The Morgan fingerprint density at radius 1 is 1.00 bits per heavy atom. The van der Waals surface area contributed by atoms with Crippen LogP contribution in [-0.2, 0) is 0 Å². The molecule has 4 heteroatoms. The molecule has 0 aromatic heterocycles. The van der Waals surface area contributed by atoms with Gasteiger partial charge < -0.3 is 9.80 Å². The highest BCUT2D eigenvalue weighted by Gasteiger charge is 2.30. The van der Waals surface area contributed by atoms with E-state index in [4.69, 9.17) is 0 Å². The van der Waals surface area contributed by atoms with E-state index in [0.717, 1.165) is 11.8 Å². The molecule has 2 unspecified atom stereocenters. The average molecular weight is 283 g/mol. The van der Waals surface area contributed by atoms with Crippen molar-refractivity contribution in [2.45, 2.75) is 32.1 Å². The van der Waals surface area contributed by atoms with E-state index in [0.29, 0.717) is 0 Å². The quantitative estimate of drug-likeness (QED) is 0.786. The van der Waals surface area contributed by atoms with Crippen molar-refractivity contribution in [1.29, 1.82) is 0 Å². The largest absolute Gasteiger partial charge is 0.308 e. The summed E-state index contributed by atoms with van der Waals surface area (Å²) < 4.78 is 0. The van der Waals surface area contributed by atoms with E-state index in [2.05, 4.69) is 23.9 Å². The standard InChI is InChI=1S/C13H26N2.2ClH/c1-14(2)9-10-15-8-7-12-5-3-4-6-13(12)11-15;;/h12-13H,3-11H2,1-2H3;2*1H. The zero-order chi connectivity index (χ0) is 10.7. The molecule has 0 radical (unpaired) electrons. The molecule has 2 rings (SSSR count). The number of likely N-dealkylation sites (N-methyl/N-ethyl adjacent to an activating group) is 1. The van der Waals surface area contributed by atoms with Crippen molar-refractivity contribution in [3.63, 3.8) is 0 Å². The molecule has 1 saturated carbocycles. The number of fused-ring (bicyclic) bond motifs is 1. The number of likely N-dealkylation sites (tertiary alicyclic amines) is 1. The first kappa shape index (κ1) is 17.5. The van der Waals surface area contributed by atoms with Crippen molar-refractivity contribution < 1.29 is 0 Å². The lowest BCUT2D eigenvalue weighted by atomic mass is 9.75. The van der Waals surface area contributed by atoms with Crippen molar-refractivity contribution in [1.82, 2.24) is 9.80 Å². The van der Waals surface area contributed by atoms with Crippen LogP contribution in [0.2, 0.25) is 0 Å². The minimum Gasteiger partial charge on any atom is -0.308 e. The summed E-state index contributed by atoms with van der Waals surface area (Å²) >= 11 is 0. The summed E-state index contributed by atoms with van der Waals surface area (Å²) in [5.41, 5.74) is 0. The van der Waals surface area contributed by atoms with Crippen molar-refractivity contribution in [2.24, 2.45) is 11.8 Å². The van der Waals surface area contributed by atoms with Crippen molar-refractivity contribution in [3.8, 4) is 0 Å². The molecule has 2 nitrogen and oxygen atoms in total. The van der Waals surface area contributed by atoms with Crippen LogP contribution < -0.4 is 0 Å². The minimum atomic E-state index is 0. The van der Waals surface area contributed by atoms with Gasteiger partial charge in [0, 0.05) is 19.6 Å². The van der Waals surface area contributed by atoms with Gasteiger partial charge in [-0.3, -0.25) is 0 Å².